The average Bonchev–Trinajstić information content (AvgIpc) is 3.14. The van der Waals surface area contributed by atoms with Gasteiger partial charge in [-0.2, -0.15) is 0 Å². The van der Waals surface area contributed by atoms with Crippen molar-refractivity contribution in [2.45, 2.75) is 58.5 Å². The van der Waals surface area contributed by atoms with Crippen LogP contribution >= 0.6 is 11.3 Å². The summed E-state index contributed by atoms with van der Waals surface area (Å²) in [4.78, 5) is 28.2. The molecule has 3 rings (SSSR count). The number of hydrogen-bond donors (Lipinski definition) is 1. The Morgan fingerprint density at radius 2 is 2.00 bits per heavy atom. The molecule has 1 N–H and O–H groups in total. The molecule has 1 fully saturated rings. The maximum atomic E-state index is 12.5. The summed E-state index contributed by atoms with van der Waals surface area (Å²) in [5.74, 6) is -0.451. The van der Waals surface area contributed by atoms with Gasteiger partial charge < -0.3 is 19.5 Å². The van der Waals surface area contributed by atoms with Gasteiger partial charge in [-0.15, -0.1) is 11.3 Å². The van der Waals surface area contributed by atoms with E-state index in [4.69, 9.17) is 4.74 Å². The summed E-state index contributed by atoms with van der Waals surface area (Å²) in [6, 6.07) is 4.24. The molecule has 2 aromatic heterocycles. The normalized spacial score (nSPS) is 16.6. The van der Waals surface area contributed by atoms with Crippen LogP contribution in [-0.4, -0.2) is 53.6 Å². The van der Waals surface area contributed by atoms with Crippen LogP contribution in [0.1, 0.15) is 56.4 Å². The van der Waals surface area contributed by atoms with E-state index in [9.17, 15) is 9.59 Å². The zero-order chi connectivity index (χ0) is 19.9. The van der Waals surface area contributed by atoms with Crippen LogP contribution in [0.3, 0.4) is 0 Å². The highest BCUT2D eigenvalue weighted by Gasteiger charge is 2.20. The van der Waals surface area contributed by atoms with Crippen LogP contribution in [0.2, 0.25) is 0 Å². The first-order valence-corrected chi connectivity index (χ1v) is 11.2. The number of carbonyl (C=O) groups excluding carboxylic acids is 2. The first-order valence-electron chi connectivity index (χ1n) is 10.3. The molecule has 1 aliphatic rings. The van der Waals surface area contributed by atoms with Crippen LogP contribution < -0.4 is 5.32 Å². The van der Waals surface area contributed by atoms with E-state index in [-0.39, 0.29) is 18.4 Å². The number of carbonyl (C=O) groups is 2. The Bertz CT molecular complexity index is 790. The number of likely N-dealkylation sites (tertiary alicyclic amines) is 1. The molecule has 0 bridgehead atoms. The molecule has 0 spiro atoms. The highest BCUT2D eigenvalue weighted by Crippen LogP contribution is 2.26. The fraction of sp³-hybridized carbons (Fsp3) is 0.619. The van der Waals surface area contributed by atoms with Crippen molar-refractivity contribution in [2.24, 2.45) is 0 Å². The highest BCUT2D eigenvalue weighted by atomic mass is 32.1. The first-order chi connectivity index (χ1) is 13.6. The fourth-order valence-corrected chi connectivity index (χ4v) is 4.74. The third kappa shape index (κ3) is 5.14. The molecule has 1 atom stereocenters. The number of amides is 1. The maximum absolute atomic E-state index is 12.5. The summed E-state index contributed by atoms with van der Waals surface area (Å²) in [5, 5.41) is 5.96. The monoisotopic (exact) mass is 405 g/mol. The summed E-state index contributed by atoms with van der Waals surface area (Å²) < 4.78 is 6.92. The Hall–Kier alpha value is -1.86. The Balaban J connectivity index is 1.55. The van der Waals surface area contributed by atoms with Crippen LogP contribution in [0.5, 0.6) is 0 Å². The molecule has 1 amide bonds. The minimum atomic E-state index is -0.381. The van der Waals surface area contributed by atoms with Gasteiger partial charge in [-0.3, -0.25) is 4.79 Å². The molecule has 0 radical (unpaired) electrons. The van der Waals surface area contributed by atoms with Gasteiger partial charge in [0.2, 0.25) is 5.91 Å². The molecule has 28 heavy (non-hydrogen) atoms. The minimum absolute atomic E-state index is 0.0699. The second-order valence-corrected chi connectivity index (χ2v) is 8.35. The average molecular weight is 406 g/mol. The van der Waals surface area contributed by atoms with Gasteiger partial charge in [0.05, 0.1) is 6.61 Å². The summed E-state index contributed by atoms with van der Waals surface area (Å²) in [6.07, 6.45) is 6.15. The largest absolute Gasteiger partial charge is 0.461 e. The van der Waals surface area contributed by atoms with E-state index in [1.54, 1.807) is 17.6 Å². The second-order valence-electron chi connectivity index (χ2n) is 7.46. The van der Waals surface area contributed by atoms with E-state index in [0.29, 0.717) is 24.9 Å². The van der Waals surface area contributed by atoms with E-state index in [0.717, 1.165) is 29.7 Å². The summed E-state index contributed by atoms with van der Waals surface area (Å²) in [5.41, 5.74) is 0.441. The molecule has 2 aromatic rings. The predicted octanol–water partition coefficient (Wildman–Crippen LogP) is 3.65. The predicted molar refractivity (Wildman–Crippen MR) is 113 cm³/mol. The lowest BCUT2D eigenvalue weighted by molar-refractivity contribution is -0.121. The number of fused-ring (bicyclic) bond motifs is 1. The van der Waals surface area contributed by atoms with Crippen molar-refractivity contribution in [1.82, 2.24) is 14.8 Å². The molecule has 0 aliphatic carbocycles. The molecule has 0 aromatic carbocycles. The van der Waals surface area contributed by atoms with Crippen molar-refractivity contribution in [3.63, 3.8) is 0 Å². The standard InChI is InChI=1S/C21H31N3O3S/c1-3-27-21(26)18-14-17-9-13-28-20(17)24(18)15-19(25)22-10-8-16(2)23-11-6-4-5-7-12-23/h9,13-14,16H,3-8,10-12,15H2,1-2H3,(H,22,25). The zero-order valence-corrected chi connectivity index (χ0v) is 17.7. The fourth-order valence-electron chi connectivity index (χ4n) is 3.84. The topological polar surface area (TPSA) is 63.6 Å². The van der Waals surface area contributed by atoms with Crippen LogP contribution in [0.4, 0.5) is 0 Å². The van der Waals surface area contributed by atoms with E-state index in [1.165, 1.54) is 37.0 Å². The smallest absolute Gasteiger partial charge is 0.355 e. The molecular weight excluding hydrogens is 374 g/mol. The third-order valence-corrected chi connectivity index (χ3v) is 6.39. The van der Waals surface area contributed by atoms with Gasteiger partial charge in [0, 0.05) is 18.0 Å². The number of nitrogens with zero attached hydrogens (tertiary/aromatic N) is 2. The quantitative estimate of drug-likeness (QED) is 0.681. The number of ether oxygens (including phenoxy) is 1. The van der Waals surface area contributed by atoms with Crippen molar-refractivity contribution < 1.29 is 14.3 Å². The Morgan fingerprint density at radius 1 is 1.25 bits per heavy atom. The molecular formula is C21H31N3O3S. The summed E-state index contributed by atoms with van der Waals surface area (Å²) >= 11 is 1.53. The third-order valence-electron chi connectivity index (χ3n) is 5.44. The van der Waals surface area contributed by atoms with Gasteiger partial charge in [-0.05, 0) is 63.7 Å². The lowest BCUT2D eigenvalue weighted by Crippen LogP contribution is -2.37. The zero-order valence-electron chi connectivity index (χ0n) is 16.9. The Kier molecular flexibility index (Phi) is 7.50. The molecule has 1 unspecified atom stereocenters. The van der Waals surface area contributed by atoms with Crippen LogP contribution in [0, 0.1) is 0 Å². The second kappa shape index (κ2) is 10.1. The van der Waals surface area contributed by atoms with Gasteiger partial charge in [-0.25, -0.2) is 4.79 Å². The van der Waals surface area contributed by atoms with Gasteiger partial charge in [-0.1, -0.05) is 12.8 Å². The van der Waals surface area contributed by atoms with Crippen molar-refractivity contribution in [2.75, 3.05) is 26.2 Å². The van der Waals surface area contributed by atoms with Crippen molar-refractivity contribution in [3.05, 3.63) is 23.2 Å². The lowest BCUT2D eigenvalue weighted by atomic mass is 10.2. The van der Waals surface area contributed by atoms with Gasteiger partial charge in [0.1, 0.15) is 17.1 Å². The molecule has 1 saturated heterocycles. The number of esters is 1. The summed E-state index contributed by atoms with van der Waals surface area (Å²) in [6.45, 7) is 7.47. The van der Waals surface area contributed by atoms with Crippen LogP contribution in [-0.2, 0) is 16.1 Å². The van der Waals surface area contributed by atoms with E-state index < -0.39 is 0 Å². The van der Waals surface area contributed by atoms with E-state index in [1.807, 2.05) is 11.4 Å². The molecule has 7 heteroatoms. The van der Waals surface area contributed by atoms with E-state index >= 15 is 0 Å². The number of nitrogens with one attached hydrogen (secondary N) is 1. The van der Waals surface area contributed by atoms with Crippen LogP contribution in [0.15, 0.2) is 17.5 Å². The number of aromatic nitrogens is 1. The van der Waals surface area contributed by atoms with Crippen LogP contribution in [0.25, 0.3) is 10.2 Å². The maximum Gasteiger partial charge on any atom is 0.355 e. The number of thiophene rings is 1. The van der Waals surface area contributed by atoms with E-state index in [2.05, 4.69) is 17.1 Å². The van der Waals surface area contributed by atoms with Crippen molar-refractivity contribution in [1.29, 1.82) is 0 Å². The van der Waals surface area contributed by atoms with Crippen molar-refractivity contribution in [3.8, 4) is 0 Å². The highest BCUT2D eigenvalue weighted by molar-refractivity contribution is 7.16. The summed E-state index contributed by atoms with van der Waals surface area (Å²) in [7, 11) is 0. The molecule has 6 nitrogen and oxygen atoms in total. The minimum Gasteiger partial charge on any atom is -0.461 e. The molecule has 3 heterocycles. The molecule has 154 valence electrons. The number of rotatable bonds is 8. The van der Waals surface area contributed by atoms with Gasteiger partial charge in [0.25, 0.3) is 0 Å². The number of hydrogen-bond acceptors (Lipinski definition) is 5. The Labute approximate surface area is 170 Å². The Morgan fingerprint density at radius 3 is 2.71 bits per heavy atom. The van der Waals surface area contributed by atoms with Gasteiger partial charge >= 0.3 is 5.97 Å². The molecule has 0 saturated carbocycles. The van der Waals surface area contributed by atoms with Gasteiger partial charge in [0.15, 0.2) is 0 Å². The first kappa shape index (κ1) is 20.9. The SMILES string of the molecule is CCOC(=O)c1cc2ccsc2n1CC(=O)NCCC(C)N1CCCCCC1. The lowest BCUT2D eigenvalue weighted by Gasteiger charge is -2.27. The molecule has 1 aliphatic heterocycles. The van der Waals surface area contributed by atoms with Crippen molar-refractivity contribution >= 4 is 33.4 Å².